The predicted octanol–water partition coefficient (Wildman–Crippen LogP) is 4.95. The van der Waals surface area contributed by atoms with Gasteiger partial charge in [-0.15, -0.1) is 0 Å². The van der Waals surface area contributed by atoms with Crippen molar-refractivity contribution in [3.63, 3.8) is 0 Å². The quantitative estimate of drug-likeness (QED) is 0.516. The molecule has 4 rings (SSSR count). The summed E-state index contributed by atoms with van der Waals surface area (Å²) in [7, 11) is 0. The van der Waals surface area contributed by atoms with Gasteiger partial charge in [0.15, 0.2) is 0 Å². The van der Waals surface area contributed by atoms with Gasteiger partial charge in [0, 0.05) is 22.2 Å². The zero-order valence-corrected chi connectivity index (χ0v) is 11.6. The van der Waals surface area contributed by atoms with Crippen LogP contribution in [0.3, 0.4) is 0 Å². The second kappa shape index (κ2) is 4.98. The van der Waals surface area contributed by atoms with Crippen molar-refractivity contribution in [3.05, 3.63) is 84.8 Å². The molecule has 0 spiro atoms. The number of fused-ring (bicyclic) bond motifs is 1. The van der Waals surface area contributed by atoms with Crippen molar-refractivity contribution >= 4 is 10.9 Å². The van der Waals surface area contributed by atoms with E-state index in [0.717, 1.165) is 6.54 Å². The van der Waals surface area contributed by atoms with Gasteiger partial charge >= 0.3 is 0 Å². The van der Waals surface area contributed by atoms with Crippen LogP contribution < -0.4 is 0 Å². The number of hydrogen-bond acceptors (Lipinski definition) is 1. The molecule has 2 heterocycles. The number of furan rings is 1. The summed E-state index contributed by atoms with van der Waals surface area (Å²) in [6.45, 7) is 0.814. The first-order valence-electron chi connectivity index (χ1n) is 7.06. The summed E-state index contributed by atoms with van der Waals surface area (Å²) in [5.41, 5.74) is 4.89. The minimum atomic E-state index is 0.814. The third kappa shape index (κ3) is 2.15. The van der Waals surface area contributed by atoms with Gasteiger partial charge < -0.3 is 8.98 Å². The SMILES string of the molecule is c1ccc(-c2cc3ccccc3n2Cc2ccoc2)cc1. The Morgan fingerprint density at radius 2 is 1.67 bits per heavy atom. The Kier molecular flexibility index (Phi) is 2.86. The van der Waals surface area contributed by atoms with Gasteiger partial charge in [-0.05, 0) is 23.8 Å². The molecule has 0 radical (unpaired) electrons. The summed E-state index contributed by atoms with van der Waals surface area (Å²) in [5.74, 6) is 0. The molecule has 102 valence electrons. The van der Waals surface area contributed by atoms with E-state index in [0.29, 0.717) is 0 Å². The maximum Gasteiger partial charge on any atom is 0.0952 e. The summed E-state index contributed by atoms with van der Waals surface area (Å²) < 4.78 is 7.55. The Hall–Kier alpha value is -2.74. The molecule has 0 N–H and O–H groups in total. The fourth-order valence-electron chi connectivity index (χ4n) is 2.79. The van der Waals surface area contributed by atoms with Crippen LogP contribution in [0.25, 0.3) is 22.2 Å². The fourth-order valence-corrected chi connectivity index (χ4v) is 2.79. The molecule has 21 heavy (non-hydrogen) atoms. The van der Waals surface area contributed by atoms with Gasteiger partial charge in [0.1, 0.15) is 0 Å². The number of nitrogens with zero attached hydrogens (tertiary/aromatic N) is 1. The van der Waals surface area contributed by atoms with E-state index in [4.69, 9.17) is 4.42 Å². The van der Waals surface area contributed by atoms with Crippen LogP contribution in [-0.4, -0.2) is 4.57 Å². The minimum absolute atomic E-state index is 0.814. The standard InChI is InChI=1S/C19H15NO/c1-2-6-16(7-3-1)19-12-17-8-4-5-9-18(17)20(19)13-15-10-11-21-14-15/h1-12,14H,13H2. The lowest BCUT2D eigenvalue weighted by Crippen LogP contribution is -2.00. The van der Waals surface area contributed by atoms with Crippen molar-refractivity contribution in [2.75, 3.05) is 0 Å². The summed E-state index contributed by atoms with van der Waals surface area (Å²) in [4.78, 5) is 0. The summed E-state index contributed by atoms with van der Waals surface area (Å²) >= 11 is 0. The van der Waals surface area contributed by atoms with E-state index in [-0.39, 0.29) is 0 Å². The second-order valence-electron chi connectivity index (χ2n) is 5.17. The summed E-state index contributed by atoms with van der Waals surface area (Å²) in [6, 6.07) is 23.3. The molecule has 2 aromatic heterocycles. The average molecular weight is 273 g/mol. The molecule has 2 nitrogen and oxygen atoms in total. The number of rotatable bonds is 3. The highest BCUT2D eigenvalue weighted by Gasteiger charge is 2.10. The Bertz CT molecular complexity index is 857. The van der Waals surface area contributed by atoms with E-state index < -0.39 is 0 Å². The molecule has 0 bridgehead atoms. The first kappa shape index (κ1) is 12.0. The van der Waals surface area contributed by atoms with Gasteiger partial charge in [-0.1, -0.05) is 48.5 Å². The van der Waals surface area contributed by atoms with Crippen molar-refractivity contribution in [2.45, 2.75) is 6.54 Å². The molecule has 0 saturated heterocycles. The van der Waals surface area contributed by atoms with Gasteiger partial charge in [0.2, 0.25) is 0 Å². The topological polar surface area (TPSA) is 18.1 Å². The largest absolute Gasteiger partial charge is 0.472 e. The first-order chi connectivity index (χ1) is 10.4. The Labute approximate surface area is 123 Å². The zero-order valence-electron chi connectivity index (χ0n) is 11.6. The molecule has 4 aromatic rings. The molecule has 0 saturated carbocycles. The van der Waals surface area contributed by atoms with Gasteiger partial charge in [-0.3, -0.25) is 0 Å². The normalized spacial score (nSPS) is 11.0. The van der Waals surface area contributed by atoms with E-state index in [1.807, 2.05) is 18.4 Å². The molecule has 2 aromatic carbocycles. The van der Waals surface area contributed by atoms with Gasteiger partial charge in [0.25, 0.3) is 0 Å². The monoisotopic (exact) mass is 273 g/mol. The third-order valence-corrected chi connectivity index (χ3v) is 3.80. The molecular formula is C19H15NO. The molecule has 2 heteroatoms. The highest BCUT2D eigenvalue weighted by atomic mass is 16.3. The van der Waals surface area contributed by atoms with Crippen LogP contribution in [0.4, 0.5) is 0 Å². The van der Waals surface area contributed by atoms with E-state index in [9.17, 15) is 0 Å². The number of aromatic nitrogens is 1. The van der Waals surface area contributed by atoms with E-state index in [2.05, 4.69) is 59.2 Å². The van der Waals surface area contributed by atoms with Crippen LogP contribution in [0.2, 0.25) is 0 Å². The lowest BCUT2D eigenvalue weighted by molar-refractivity contribution is 0.562. The first-order valence-corrected chi connectivity index (χ1v) is 7.06. The van der Waals surface area contributed by atoms with E-state index in [1.54, 1.807) is 6.26 Å². The second-order valence-corrected chi connectivity index (χ2v) is 5.17. The van der Waals surface area contributed by atoms with Crippen molar-refractivity contribution in [3.8, 4) is 11.3 Å². The van der Waals surface area contributed by atoms with Crippen LogP contribution in [0.1, 0.15) is 5.56 Å². The Morgan fingerprint density at radius 3 is 2.48 bits per heavy atom. The molecule has 0 aliphatic rings. The smallest absolute Gasteiger partial charge is 0.0952 e. The zero-order chi connectivity index (χ0) is 14.1. The van der Waals surface area contributed by atoms with Crippen LogP contribution in [0.15, 0.2) is 83.7 Å². The van der Waals surface area contributed by atoms with Crippen LogP contribution in [-0.2, 0) is 6.54 Å². The van der Waals surface area contributed by atoms with Gasteiger partial charge in [-0.25, -0.2) is 0 Å². The summed E-state index contributed by atoms with van der Waals surface area (Å²) in [5, 5.41) is 1.26. The van der Waals surface area contributed by atoms with Crippen LogP contribution >= 0.6 is 0 Å². The Balaban J connectivity index is 1.93. The number of para-hydroxylation sites is 1. The average Bonchev–Trinajstić information content (AvgIpc) is 3.17. The maximum absolute atomic E-state index is 5.21. The molecule has 0 unspecified atom stereocenters. The van der Waals surface area contributed by atoms with Gasteiger partial charge in [-0.2, -0.15) is 0 Å². The van der Waals surface area contributed by atoms with Crippen molar-refractivity contribution < 1.29 is 4.42 Å². The molecule has 0 aliphatic carbocycles. The lowest BCUT2D eigenvalue weighted by Gasteiger charge is -2.09. The van der Waals surface area contributed by atoms with E-state index >= 15 is 0 Å². The van der Waals surface area contributed by atoms with Crippen molar-refractivity contribution in [2.24, 2.45) is 0 Å². The van der Waals surface area contributed by atoms with Crippen LogP contribution in [0, 0.1) is 0 Å². The summed E-state index contributed by atoms with van der Waals surface area (Å²) in [6.07, 6.45) is 3.53. The Morgan fingerprint density at radius 1 is 0.857 bits per heavy atom. The molecule has 0 aliphatic heterocycles. The molecule has 0 amide bonds. The molecule has 0 atom stereocenters. The highest BCUT2D eigenvalue weighted by molar-refractivity contribution is 5.87. The minimum Gasteiger partial charge on any atom is -0.472 e. The third-order valence-electron chi connectivity index (χ3n) is 3.80. The maximum atomic E-state index is 5.21. The lowest BCUT2D eigenvalue weighted by atomic mass is 10.1. The fraction of sp³-hybridized carbons (Fsp3) is 0.0526. The van der Waals surface area contributed by atoms with Crippen molar-refractivity contribution in [1.82, 2.24) is 4.57 Å². The predicted molar refractivity (Wildman–Crippen MR) is 85.2 cm³/mol. The van der Waals surface area contributed by atoms with Crippen molar-refractivity contribution in [1.29, 1.82) is 0 Å². The van der Waals surface area contributed by atoms with Crippen LogP contribution in [0.5, 0.6) is 0 Å². The molecular weight excluding hydrogens is 258 g/mol. The highest BCUT2D eigenvalue weighted by Crippen LogP contribution is 2.29. The molecule has 0 fully saturated rings. The number of benzene rings is 2. The van der Waals surface area contributed by atoms with Gasteiger partial charge in [0.05, 0.1) is 19.1 Å². The van der Waals surface area contributed by atoms with E-state index in [1.165, 1.54) is 27.7 Å². The number of hydrogen-bond donors (Lipinski definition) is 0.